The van der Waals surface area contributed by atoms with Crippen molar-refractivity contribution in [1.82, 2.24) is 5.16 Å². The second-order valence-electron chi connectivity index (χ2n) is 4.99. The number of thioether (sulfide) groups is 1. The van der Waals surface area contributed by atoms with Gasteiger partial charge in [-0.3, -0.25) is 9.59 Å². The Bertz CT molecular complexity index is 779. The molecule has 26 heavy (non-hydrogen) atoms. The highest BCUT2D eigenvalue weighted by molar-refractivity contribution is 8.00. The third kappa shape index (κ3) is 7.05. The maximum absolute atomic E-state index is 12.2. The Morgan fingerprint density at radius 3 is 2.50 bits per heavy atom. The highest BCUT2D eigenvalue weighted by Gasteiger charge is 2.31. The van der Waals surface area contributed by atoms with Gasteiger partial charge >= 0.3 is 6.36 Å². The summed E-state index contributed by atoms with van der Waals surface area (Å²) in [7, 11) is 0. The van der Waals surface area contributed by atoms with Gasteiger partial charge in [0.2, 0.25) is 11.8 Å². The van der Waals surface area contributed by atoms with Crippen molar-refractivity contribution in [3.63, 3.8) is 0 Å². The molecule has 0 saturated heterocycles. The van der Waals surface area contributed by atoms with Crippen molar-refractivity contribution in [2.24, 2.45) is 0 Å². The van der Waals surface area contributed by atoms with Gasteiger partial charge in [-0.25, -0.2) is 0 Å². The van der Waals surface area contributed by atoms with E-state index in [9.17, 15) is 22.8 Å². The second kappa shape index (κ2) is 8.61. The zero-order valence-corrected chi connectivity index (χ0v) is 14.2. The molecule has 2 rings (SSSR count). The zero-order chi connectivity index (χ0) is 19.2. The minimum Gasteiger partial charge on any atom is -0.406 e. The fourth-order valence-electron chi connectivity index (χ4n) is 1.81. The molecule has 0 unspecified atom stereocenters. The van der Waals surface area contributed by atoms with E-state index in [-0.39, 0.29) is 28.9 Å². The number of nitrogens with zero attached hydrogens (tertiary/aromatic N) is 1. The van der Waals surface area contributed by atoms with E-state index in [4.69, 9.17) is 4.52 Å². The first kappa shape index (κ1) is 19.6. The average molecular weight is 389 g/mol. The van der Waals surface area contributed by atoms with Crippen LogP contribution >= 0.6 is 11.8 Å². The number of anilines is 2. The van der Waals surface area contributed by atoms with Crippen LogP contribution < -0.4 is 15.4 Å². The number of halogens is 3. The third-order valence-corrected chi connectivity index (χ3v) is 3.65. The van der Waals surface area contributed by atoms with E-state index in [1.165, 1.54) is 12.1 Å². The van der Waals surface area contributed by atoms with Crippen molar-refractivity contribution in [3.05, 3.63) is 36.1 Å². The Balaban J connectivity index is 1.75. The number of hydrogen-bond donors (Lipinski definition) is 2. The molecule has 2 aromatic rings. The molecule has 0 spiro atoms. The molecule has 2 amide bonds. The maximum Gasteiger partial charge on any atom is 0.573 e. The number of amides is 2. The Kier molecular flexibility index (Phi) is 6.50. The first-order chi connectivity index (χ1) is 12.2. The lowest BCUT2D eigenvalue weighted by atomic mass is 10.3. The SMILES string of the molecule is Cc1cc(NC(=O)CSCC(=O)Nc2cccc(OC(F)(F)F)c2)no1. The van der Waals surface area contributed by atoms with Gasteiger partial charge in [-0.1, -0.05) is 11.2 Å². The van der Waals surface area contributed by atoms with Crippen LogP contribution in [0.15, 0.2) is 34.9 Å². The molecule has 1 heterocycles. The zero-order valence-electron chi connectivity index (χ0n) is 13.4. The van der Waals surface area contributed by atoms with Crippen molar-refractivity contribution in [1.29, 1.82) is 0 Å². The number of carbonyl (C=O) groups excluding carboxylic acids is 2. The smallest absolute Gasteiger partial charge is 0.406 e. The van der Waals surface area contributed by atoms with Gasteiger partial charge in [0, 0.05) is 17.8 Å². The second-order valence-corrected chi connectivity index (χ2v) is 5.97. The normalized spacial score (nSPS) is 11.1. The molecule has 0 aliphatic heterocycles. The third-order valence-electron chi connectivity index (χ3n) is 2.71. The first-order valence-electron chi connectivity index (χ1n) is 7.18. The minimum absolute atomic E-state index is 0.00342. The van der Waals surface area contributed by atoms with Gasteiger partial charge in [0.1, 0.15) is 11.5 Å². The summed E-state index contributed by atoms with van der Waals surface area (Å²) in [5, 5.41) is 8.53. The summed E-state index contributed by atoms with van der Waals surface area (Å²) in [6.45, 7) is 1.68. The highest BCUT2D eigenvalue weighted by atomic mass is 32.2. The molecular formula is C15H14F3N3O4S. The monoisotopic (exact) mass is 389 g/mol. The topological polar surface area (TPSA) is 93.5 Å². The van der Waals surface area contributed by atoms with E-state index in [0.29, 0.717) is 5.76 Å². The van der Waals surface area contributed by atoms with Crippen LogP contribution in [0, 0.1) is 6.92 Å². The number of aromatic nitrogens is 1. The van der Waals surface area contributed by atoms with Crippen LogP contribution in [-0.2, 0) is 9.59 Å². The summed E-state index contributed by atoms with van der Waals surface area (Å²) in [6, 6.07) is 6.46. The molecule has 11 heteroatoms. The van der Waals surface area contributed by atoms with Crippen LogP contribution in [0.1, 0.15) is 5.76 Å². The minimum atomic E-state index is -4.81. The fraction of sp³-hybridized carbons (Fsp3) is 0.267. The van der Waals surface area contributed by atoms with E-state index in [0.717, 1.165) is 23.9 Å². The molecule has 1 aromatic carbocycles. The molecule has 7 nitrogen and oxygen atoms in total. The van der Waals surface area contributed by atoms with Gasteiger partial charge in [-0.05, 0) is 19.1 Å². The number of ether oxygens (including phenoxy) is 1. The molecule has 0 fully saturated rings. The van der Waals surface area contributed by atoms with Crippen LogP contribution in [0.25, 0.3) is 0 Å². The molecule has 0 aliphatic carbocycles. The predicted octanol–water partition coefficient (Wildman–Crippen LogP) is 3.19. The molecule has 0 bridgehead atoms. The maximum atomic E-state index is 12.2. The summed E-state index contributed by atoms with van der Waals surface area (Å²) in [5.41, 5.74) is 0.153. The van der Waals surface area contributed by atoms with Crippen LogP contribution in [0.2, 0.25) is 0 Å². The average Bonchev–Trinajstić information content (AvgIpc) is 2.90. The van der Waals surface area contributed by atoms with E-state index >= 15 is 0 Å². The summed E-state index contributed by atoms with van der Waals surface area (Å²) >= 11 is 1.04. The lowest BCUT2D eigenvalue weighted by molar-refractivity contribution is -0.274. The molecule has 2 N–H and O–H groups in total. The number of rotatable bonds is 7. The van der Waals surface area contributed by atoms with E-state index in [2.05, 4.69) is 20.5 Å². The van der Waals surface area contributed by atoms with Crippen molar-refractivity contribution in [2.45, 2.75) is 13.3 Å². The van der Waals surface area contributed by atoms with E-state index in [1.807, 2.05) is 0 Å². The number of nitrogens with one attached hydrogen (secondary N) is 2. The first-order valence-corrected chi connectivity index (χ1v) is 8.33. The van der Waals surface area contributed by atoms with Crippen molar-refractivity contribution < 1.29 is 32.0 Å². The van der Waals surface area contributed by atoms with Gasteiger partial charge in [0.25, 0.3) is 0 Å². The Morgan fingerprint density at radius 1 is 1.19 bits per heavy atom. The Morgan fingerprint density at radius 2 is 1.88 bits per heavy atom. The number of carbonyl (C=O) groups is 2. The predicted molar refractivity (Wildman–Crippen MR) is 88.9 cm³/mol. The number of benzene rings is 1. The molecule has 0 radical (unpaired) electrons. The van der Waals surface area contributed by atoms with Gasteiger partial charge in [-0.15, -0.1) is 24.9 Å². The molecule has 1 aromatic heterocycles. The number of alkyl halides is 3. The van der Waals surface area contributed by atoms with E-state index < -0.39 is 18.0 Å². The largest absolute Gasteiger partial charge is 0.573 e. The lowest BCUT2D eigenvalue weighted by Crippen LogP contribution is -2.19. The summed E-state index contributed by atoms with van der Waals surface area (Å²) in [6.07, 6.45) is -4.81. The van der Waals surface area contributed by atoms with Crippen LogP contribution in [0.5, 0.6) is 5.75 Å². The van der Waals surface area contributed by atoms with E-state index in [1.54, 1.807) is 13.0 Å². The quantitative estimate of drug-likeness (QED) is 0.756. The lowest BCUT2D eigenvalue weighted by Gasteiger charge is -2.10. The number of hydrogen-bond acceptors (Lipinski definition) is 6. The van der Waals surface area contributed by atoms with Gasteiger partial charge in [0.05, 0.1) is 11.5 Å². The highest BCUT2D eigenvalue weighted by Crippen LogP contribution is 2.25. The summed E-state index contributed by atoms with van der Waals surface area (Å²) < 4.78 is 45.1. The molecule has 140 valence electrons. The standard InChI is InChI=1S/C15H14F3N3O4S/c1-9-5-12(21-25-9)20-14(23)8-26-7-13(22)19-10-3-2-4-11(6-10)24-15(16,17)18/h2-6H,7-8H2,1H3,(H,19,22)(H,20,21,23). The van der Waals surface area contributed by atoms with Crippen molar-refractivity contribution >= 4 is 35.1 Å². The Labute approximate surface area is 150 Å². The van der Waals surface area contributed by atoms with Crippen LogP contribution in [0.3, 0.4) is 0 Å². The molecular weight excluding hydrogens is 375 g/mol. The molecule has 0 aliphatic rings. The van der Waals surface area contributed by atoms with Crippen molar-refractivity contribution in [2.75, 3.05) is 22.1 Å². The van der Waals surface area contributed by atoms with Crippen LogP contribution in [0.4, 0.5) is 24.7 Å². The Hall–Kier alpha value is -2.69. The van der Waals surface area contributed by atoms with Gasteiger partial charge in [0.15, 0.2) is 5.82 Å². The molecule has 0 atom stereocenters. The summed E-state index contributed by atoms with van der Waals surface area (Å²) in [5.74, 6) is -0.513. The summed E-state index contributed by atoms with van der Waals surface area (Å²) in [4.78, 5) is 23.5. The van der Waals surface area contributed by atoms with Gasteiger partial charge in [-0.2, -0.15) is 0 Å². The van der Waals surface area contributed by atoms with Crippen LogP contribution in [-0.4, -0.2) is 34.8 Å². The van der Waals surface area contributed by atoms with Crippen molar-refractivity contribution in [3.8, 4) is 5.75 Å². The number of aryl methyl sites for hydroxylation is 1. The van der Waals surface area contributed by atoms with Gasteiger partial charge < -0.3 is 19.9 Å². The fourth-order valence-corrected chi connectivity index (χ4v) is 2.43. The molecule has 0 saturated carbocycles.